The summed E-state index contributed by atoms with van der Waals surface area (Å²) in [6, 6.07) is 0. The number of hydrogen-bond donors (Lipinski definition) is 0. The maximum Gasteiger partial charge on any atom is 0.142 e. The van der Waals surface area contributed by atoms with Crippen LogP contribution in [0, 0.1) is 0 Å². The highest BCUT2D eigenvalue weighted by molar-refractivity contribution is 6.38. The maximum absolute atomic E-state index is 5.47. The van der Waals surface area contributed by atoms with Gasteiger partial charge in [0.2, 0.25) is 0 Å². The first kappa shape index (κ1) is 7.99. The summed E-state index contributed by atoms with van der Waals surface area (Å²) in [5, 5.41) is 0.874. The number of halogens is 2. The zero-order valence-electron chi connectivity index (χ0n) is 4.78. The third-order valence-electron chi connectivity index (χ3n) is 0.527. The van der Waals surface area contributed by atoms with Gasteiger partial charge in [0.1, 0.15) is 5.16 Å². The van der Waals surface area contributed by atoms with Crippen molar-refractivity contribution in [2.24, 2.45) is 4.99 Å². The Bertz CT molecular complexity index is 122. The summed E-state index contributed by atoms with van der Waals surface area (Å²) in [5.74, 6) is 0. The number of rotatable bonds is 1. The van der Waals surface area contributed by atoms with Gasteiger partial charge in [0.15, 0.2) is 0 Å². The standard InChI is InChI=1S/C5H7Cl2N/c1-3-8-5(7)4(2)6/h3H,1-2H3/b5-4+,8-3+. The topological polar surface area (TPSA) is 12.4 Å². The van der Waals surface area contributed by atoms with Gasteiger partial charge in [-0.1, -0.05) is 23.2 Å². The molecule has 0 saturated heterocycles. The molecule has 0 spiro atoms. The quantitative estimate of drug-likeness (QED) is 0.404. The van der Waals surface area contributed by atoms with E-state index in [0.29, 0.717) is 10.2 Å². The molecule has 0 heterocycles. The summed E-state index contributed by atoms with van der Waals surface area (Å²) >= 11 is 10.9. The molecule has 0 aromatic carbocycles. The molecule has 0 fully saturated rings. The minimum atomic E-state index is 0.356. The van der Waals surface area contributed by atoms with E-state index in [0.717, 1.165) is 0 Å². The van der Waals surface area contributed by atoms with Crippen molar-refractivity contribution in [3.63, 3.8) is 0 Å². The van der Waals surface area contributed by atoms with Crippen molar-refractivity contribution < 1.29 is 0 Å². The van der Waals surface area contributed by atoms with Crippen molar-refractivity contribution in [3.05, 3.63) is 10.2 Å². The van der Waals surface area contributed by atoms with E-state index in [1.165, 1.54) is 0 Å². The minimum Gasteiger partial charge on any atom is -0.248 e. The lowest BCUT2D eigenvalue weighted by Crippen LogP contribution is -1.66. The molecule has 1 nitrogen and oxygen atoms in total. The molecule has 8 heavy (non-hydrogen) atoms. The molecule has 0 bridgehead atoms. The lowest BCUT2D eigenvalue weighted by Gasteiger charge is -1.86. The largest absolute Gasteiger partial charge is 0.248 e. The molecular formula is C5H7Cl2N. The van der Waals surface area contributed by atoms with Gasteiger partial charge in [-0.2, -0.15) is 0 Å². The second-order valence-corrected chi connectivity index (χ2v) is 2.14. The molecule has 0 unspecified atom stereocenters. The van der Waals surface area contributed by atoms with Gasteiger partial charge in [-0.25, -0.2) is 4.99 Å². The summed E-state index contributed by atoms with van der Waals surface area (Å²) in [6.45, 7) is 3.47. The van der Waals surface area contributed by atoms with E-state index >= 15 is 0 Å². The van der Waals surface area contributed by atoms with Crippen molar-refractivity contribution in [1.29, 1.82) is 0 Å². The molecular weight excluding hydrogens is 145 g/mol. The maximum atomic E-state index is 5.47. The van der Waals surface area contributed by atoms with Crippen LogP contribution in [0.1, 0.15) is 13.8 Å². The van der Waals surface area contributed by atoms with Crippen molar-refractivity contribution in [2.45, 2.75) is 13.8 Å². The van der Waals surface area contributed by atoms with Crippen LogP contribution in [0.5, 0.6) is 0 Å². The van der Waals surface area contributed by atoms with Crippen LogP contribution in [0.4, 0.5) is 0 Å². The van der Waals surface area contributed by atoms with Crippen LogP contribution in [0.2, 0.25) is 0 Å². The highest BCUT2D eigenvalue weighted by atomic mass is 35.5. The van der Waals surface area contributed by atoms with Gasteiger partial charge in [-0.3, -0.25) is 0 Å². The van der Waals surface area contributed by atoms with Crippen LogP contribution in [0.15, 0.2) is 15.2 Å². The molecule has 46 valence electrons. The fraction of sp³-hybridized carbons (Fsp3) is 0.400. The normalized spacial score (nSPS) is 14.5. The van der Waals surface area contributed by atoms with Crippen LogP contribution < -0.4 is 0 Å². The molecule has 0 radical (unpaired) electrons. The summed E-state index contributed by atoms with van der Waals surface area (Å²) in [4.78, 5) is 3.71. The summed E-state index contributed by atoms with van der Waals surface area (Å²) in [6.07, 6.45) is 1.59. The van der Waals surface area contributed by atoms with E-state index in [9.17, 15) is 0 Å². The third kappa shape index (κ3) is 3.05. The van der Waals surface area contributed by atoms with Gasteiger partial charge in [0.05, 0.1) is 5.03 Å². The fourth-order valence-corrected chi connectivity index (χ4v) is 0.349. The smallest absolute Gasteiger partial charge is 0.142 e. The zero-order valence-corrected chi connectivity index (χ0v) is 6.29. The van der Waals surface area contributed by atoms with Crippen molar-refractivity contribution in [1.82, 2.24) is 0 Å². The Labute approximate surface area is 59.0 Å². The number of allylic oxidation sites excluding steroid dienone is 1. The molecule has 0 aromatic heterocycles. The van der Waals surface area contributed by atoms with E-state index in [1.807, 2.05) is 0 Å². The second-order valence-electron chi connectivity index (χ2n) is 1.21. The fourth-order valence-electron chi connectivity index (χ4n) is 0.202. The van der Waals surface area contributed by atoms with Gasteiger partial charge >= 0.3 is 0 Å². The summed E-state index contributed by atoms with van der Waals surface area (Å²) in [7, 11) is 0. The molecule has 0 aliphatic rings. The van der Waals surface area contributed by atoms with Crippen LogP contribution in [-0.2, 0) is 0 Å². The Hall–Kier alpha value is -0.0100. The summed E-state index contributed by atoms with van der Waals surface area (Å²) in [5.41, 5.74) is 0. The molecule has 0 amide bonds. The Morgan fingerprint density at radius 2 is 2.00 bits per heavy atom. The van der Waals surface area contributed by atoms with E-state index < -0.39 is 0 Å². The van der Waals surface area contributed by atoms with Crippen molar-refractivity contribution in [2.75, 3.05) is 0 Å². The van der Waals surface area contributed by atoms with Crippen LogP contribution in [0.25, 0.3) is 0 Å². The Morgan fingerprint density at radius 1 is 1.50 bits per heavy atom. The predicted molar refractivity (Wildman–Crippen MR) is 38.6 cm³/mol. The lowest BCUT2D eigenvalue weighted by atomic mass is 10.7. The average molecular weight is 152 g/mol. The third-order valence-corrected chi connectivity index (χ3v) is 1.18. The van der Waals surface area contributed by atoms with E-state index in [4.69, 9.17) is 23.2 Å². The van der Waals surface area contributed by atoms with Gasteiger partial charge in [0.25, 0.3) is 0 Å². The van der Waals surface area contributed by atoms with E-state index in [2.05, 4.69) is 4.99 Å². The first-order chi connectivity index (χ1) is 3.68. The van der Waals surface area contributed by atoms with Crippen LogP contribution in [-0.4, -0.2) is 6.21 Å². The van der Waals surface area contributed by atoms with E-state index in [1.54, 1.807) is 20.1 Å². The Balaban J connectivity index is 4.00. The number of nitrogens with zero attached hydrogens (tertiary/aromatic N) is 1. The molecule has 0 saturated carbocycles. The Kier molecular flexibility index (Phi) is 3.92. The SMILES string of the molecule is C/C=N/C(Cl)=C(\C)Cl. The first-order valence-corrected chi connectivity index (χ1v) is 2.94. The van der Waals surface area contributed by atoms with Crippen molar-refractivity contribution >= 4 is 29.4 Å². The number of aliphatic imine (C=N–C) groups is 1. The average Bonchev–Trinajstić information content (AvgIpc) is 1.67. The lowest BCUT2D eigenvalue weighted by molar-refractivity contribution is 1.45. The monoisotopic (exact) mass is 151 g/mol. The van der Waals surface area contributed by atoms with Gasteiger partial charge < -0.3 is 0 Å². The van der Waals surface area contributed by atoms with Gasteiger partial charge in [-0.15, -0.1) is 0 Å². The molecule has 0 aliphatic heterocycles. The van der Waals surface area contributed by atoms with Crippen LogP contribution in [0.3, 0.4) is 0 Å². The highest BCUT2D eigenvalue weighted by Crippen LogP contribution is 2.12. The highest BCUT2D eigenvalue weighted by Gasteiger charge is 1.88. The summed E-state index contributed by atoms with van der Waals surface area (Å²) < 4.78 is 0. The first-order valence-electron chi connectivity index (χ1n) is 2.19. The molecule has 0 aliphatic carbocycles. The van der Waals surface area contributed by atoms with Gasteiger partial charge in [0, 0.05) is 6.21 Å². The van der Waals surface area contributed by atoms with Crippen molar-refractivity contribution in [3.8, 4) is 0 Å². The molecule has 0 rings (SSSR count). The molecule has 0 aromatic rings. The zero-order chi connectivity index (χ0) is 6.57. The van der Waals surface area contributed by atoms with Gasteiger partial charge in [-0.05, 0) is 13.8 Å². The minimum absolute atomic E-state index is 0.356. The molecule has 0 N–H and O–H groups in total. The predicted octanol–water partition coefficient (Wildman–Crippen LogP) is 2.74. The van der Waals surface area contributed by atoms with E-state index in [-0.39, 0.29) is 0 Å². The number of hydrogen-bond acceptors (Lipinski definition) is 1. The Morgan fingerprint density at radius 3 is 2.12 bits per heavy atom. The molecule has 0 atom stereocenters. The second kappa shape index (κ2) is 3.93. The molecule has 3 heteroatoms. The van der Waals surface area contributed by atoms with Crippen LogP contribution >= 0.6 is 23.2 Å².